The van der Waals surface area contributed by atoms with E-state index < -0.39 is 5.97 Å². The molecular formula is C9H11NO4. The van der Waals surface area contributed by atoms with Crippen molar-refractivity contribution in [2.75, 3.05) is 13.7 Å². The molecule has 0 bridgehead atoms. The van der Waals surface area contributed by atoms with Crippen LogP contribution in [0.2, 0.25) is 0 Å². The molecule has 1 heterocycles. The van der Waals surface area contributed by atoms with Gasteiger partial charge in [-0.15, -0.1) is 0 Å². The molecule has 1 aromatic heterocycles. The summed E-state index contributed by atoms with van der Waals surface area (Å²) < 4.78 is 10.0. The quantitative estimate of drug-likeness (QED) is 0.402. The Hall–Kier alpha value is -1.78. The second-order valence-corrected chi connectivity index (χ2v) is 2.50. The topological polar surface area (TPSA) is 62.5 Å². The number of rotatable bonds is 3. The molecule has 76 valence electrons. The first-order valence-corrected chi connectivity index (χ1v) is 4.13. The van der Waals surface area contributed by atoms with Gasteiger partial charge in [0.1, 0.15) is 5.75 Å². The van der Waals surface area contributed by atoms with Crippen LogP contribution in [0.25, 0.3) is 0 Å². The predicted octanol–water partition coefficient (Wildman–Crippen LogP) is 0.505. The van der Waals surface area contributed by atoms with E-state index in [1.807, 2.05) is 6.92 Å². The van der Waals surface area contributed by atoms with E-state index in [-0.39, 0.29) is 5.69 Å². The van der Waals surface area contributed by atoms with E-state index in [0.29, 0.717) is 17.1 Å². The van der Waals surface area contributed by atoms with Gasteiger partial charge < -0.3 is 14.7 Å². The van der Waals surface area contributed by atoms with Gasteiger partial charge in [-0.05, 0) is 6.92 Å². The van der Waals surface area contributed by atoms with Crippen molar-refractivity contribution >= 4 is 5.97 Å². The summed E-state index contributed by atoms with van der Waals surface area (Å²) in [6.45, 7) is 2.29. The SMILES string of the molecule is CCOc1cc[n+]([O-])c(C(=O)OC)c1. The summed E-state index contributed by atoms with van der Waals surface area (Å²) in [5, 5.41) is 11.1. The molecule has 0 aromatic carbocycles. The number of hydrogen-bond donors (Lipinski definition) is 0. The highest BCUT2D eigenvalue weighted by Gasteiger charge is 2.17. The number of carbonyl (C=O) groups excluding carboxylic acids is 1. The highest BCUT2D eigenvalue weighted by molar-refractivity contribution is 5.85. The molecule has 5 heteroatoms. The standard InChI is InChI=1S/C9H11NO4/c1-3-14-7-4-5-10(12)8(6-7)9(11)13-2/h4-6H,3H2,1-2H3. The van der Waals surface area contributed by atoms with Crippen molar-refractivity contribution in [3.8, 4) is 5.75 Å². The summed E-state index contributed by atoms with van der Waals surface area (Å²) in [5.41, 5.74) is -0.0848. The maximum absolute atomic E-state index is 11.1. The first-order valence-electron chi connectivity index (χ1n) is 4.13. The molecule has 0 fully saturated rings. The Morgan fingerprint density at radius 2 is 2.36 bits per heavy atom. The number of pyridine rings is 1. The smallest absolute Gasteiger partial charge is 0.404 e. The molecule has 0 N–H and O–H groups in total. The van der Waals surface area contributed by atoms with Crippen molar-refractivity contribution in [1.29, 1.82) is 0 Å². The predicted molar refractivity (Wildman–Crippen MR) is 47.9 cm³/mol. The zero-order valence-corrected chi connectivity index (χ0v) is 8.02. The average molecular weight is 197 g/mol. The van der Waals surface area contributed by atoms with Gasteiger partial charge in [0.25, 0.3) is 0 Å². The summed E-state index contributed by atoms with van der Waals surface area (Å²) in [5.74, 6) is -0.207. The molecule has 0 radical (unpaired) electrons. The van der Waals surface area contributed by atoms with Gasteiger partial charge in [-0.25, -0.2) is 4.79 Å². The van der Waals surface area contributed by atoms with E-state index in [1.165, 1.54) is 25.4 Å². The fraction of sp³-hybridized carbons (Fsp3) is 0.333. The third kappa shape index (κ3) is 2.12. The average Bonchev–Trinajstić information content (AvgIpc) is 2.20. The number of methoxy groups -OCH3 is 1. The first kappa shape index (κ1) is 10.3. The lowest BCUT2D eigenvalue weighted by Gasteiger charge is -2.05. The molecule has 0 unspecified atom stereocenters. The number of aromatic nitrogens is 1. The van der Waals surface area contributed by atoms with Crippen LogP contribution in [0, 0.1) is 5.21 Å². The maximum Gasteiger partial charge on any atom is 0.404 e. The van der Waals surface area contributed by atoms with E-state index in [0.717, 1.165) is 0 Å². The molecule has 1 rings (SSSR count). The van der Waals surface area contributed by atoms with Crippen LogP contribution in [-0.4, -0.2) is 19.7 Å². The van der Waals surface area contributed by atoms with Crippen molar-refractivity contribution in [1.82, 2.24) is 0 Å². The monoisotopic (exact) mass is 197 g/mol. The number of nitrogens with zero attached hydrogens (tertiary/aromatic N) is 1. The lowest BCUT2D eigenvalue weighted by atomic mass is 10.3. The zero-order valence-electron chi connectivity index (χ0n) is 8.02. The summed E-state index contributed by atoms with van der Waals surface area (Å²) in [7, 11) is 1.22. The van der Waals surface area contributed by atoms with Crippen LogP contribution < -0.4 is 9.47 Å². The minimum atomic E-state index is -0.679. The first-order chi connectivity index (χ1) is 6.69. The van der Waals surface area contributed by atoms with Crippen LogP contribution in [0.15, 0.2) is 18.3 Å². The summed E-state index contributed by atoms with van der Waals surface area (Å²) >= 11 is 0. The minimum absolute atomic E-state index is 0.0848. The van der Waals surface area contributed by atoms with Gasteiger partial charge in [0.05, 0.1) is 19.8 Å². The Labute approximate surface area is 81.5 Å². The van der Waals surface area contributed by atoms with Crippen LogP contribution in [0.1, 0.15) is 17.4 Å². The number of esters is 1. The fourth-order valence-corrected chi connectivity index (χ4v) is 0.978. The molecule has 5 nitrogen and oxygen atoms in total. The number of hydrogen-bond acceptors (Lipinski definition) is 4. The molecule has 0 aliphatic carbocycles. The van der Waals surface area contributed by atoms with Crippen molar-refractivity contribution in [2.24, 2.45) is 0 Å². The second kappa shape index (κ2) is 4.45. The molecule has 0 saturated carbocycles. The van der Waals surface area contributed by atoms with Gasteiger partial charge in [-0.1, -0.05) is 0 Å². The van der Waals surface area contributed by atoms with Gasteiger partial charge in [0.15, 0.2) is 6.20 Å². The van der Waals surface area contributed by atoms with Crippen LogP contribution in [0.3, 0.4) is 0 Å². The van der Waals surface area contributed by atoms with Crippen LogP contribution >= 0.6 is 0 Å². The van der Waals surface area contributed by atoms with Crippen LogP contribution in [0.5, 0.6) is 5.75 Å². The van der Waals surface area contributed by atoms with E-state index >= 15 is 0 Å². The van der Waals surface area contributed by atoms with Gasteiger partial charge in [0.2, 0.25) is 0 Å². The molecular weight excluding hydrogens is 186 g/mol. The van der Waals surface area contributed by atoms with Crippen molar-refractivity contribution in [3.63, 3.8) is 0 Å². The van der Waals surface area contributed by atoms with Crippen LogP contribution in [0.4, 0.5) is 0 Å². The molecule has 0 atom stereocenters. The number of ether oxygens (including phenoxy) is 2. The Kier molecular flexibility index (Phi) is 3.28. The zero-order chi connectivity index (χ0) is 10.6. The highest BCUT2D eigenvalue weighted by Crippen LogP contribution is 2.10. The minimum Gasteiger partial charge on any atom is -0.618 e. The molecule has 0 saturated heterocycles. The summed E-state index contributed by atoms with van der Waals surface area (Å²) in [6, 6.07) is 2.84. The van der Waals surface area contributed by atoms with Gasteiger partial charge >= 0.3 is 11.7 Å². The Morgan fingerprint density at radius 3 is 2.93 bits per heavy atom. The van der Waals surface area contributed by atoms with E-state index in [9.17, 15) is 10.0 Å². The van der Waals surface area contributed by atoms with E-state index in [1.54, 1.807) is 0 Å². The van der Waals surface area contributed by atoms with Gasteiger partial charge in [0, 0.05) is 6.07 Å². The fourth-order valence-electron chi connectivity index (χ4n) is 0.978. The van der Waals surface area contributed by atoms with Crippen molar-refractivity contribution in [2.45, 2.75) is 6.92 Å². The molecule has 0 aliphatic heterocycles. The number of carbonyl (C=O) groups is 1. The Bertz CT molecular complexity index is 338. The van der Waals surface area contributed by atoms with E-state index in [4.69, 9.17) is 4.74 Å². The molecule has 14 heavy (non-hydrogen) atoms. The molecule has 0 spiro atoms. The van der Waals surface area contributed by atoms with Crippen LogP contribution in [-0.2, 0) is 4.74 Å². The highest BCUT2D eigenvalue weighted by atomic mass is 16.5. The maximum atomic E-state index is 11.1. The summed E-state index contributed by atoms with van der Waals surface area (Å²) in [4.78, 5) is 11.1. The lowest BCUT2D eigenvalue weighted by molar-refractivity contribution is -0.608. The van der Waals surface area contributed by atoms with Crippen molar-refractivity contribution in [3.05, 3.63) is 29.2 Å². The van der Waals surface area contributed by atoms with Crippen molar-refractivity contribution < 1.29 is 19.0 Å². The normalized spacial score (nSPS) is 9.57. The van der Waals surface area contributed by atoms with Gasteiger partial charge in [-0.2, -0.15) is 4.73 Å². The van der Waals surface area contributed by atoms with Gasteiger partial charge in [-0.3, -0.25) is 0 Å². The molecule has 0 amide bonds. The third-order valence-corrected chi connectivity index (χ3v) is 1.60. The Balaban J connectivity index is 3.01. The largest absolute Gasteiger partial charge is 0.618 e. The molecule has 1 aromatic rings. The summed E-state index contributed by atoms with van der Waals surface area (Å²) in [6.07, 6.45) is 1.21. The lowest BCUT2D eigenvalue weighted by Crippen LogP contribution is -2.34. The van der Waals surface area contributed by atoms with E-state index in [2.05, 4.69) is 4.74 Å². The third-order valence-electron chi connectivity index (χ3n) is 1.60. The molecule has 0 aliphatic rings. The second-order valence-electron chi connectivity index (χ2n) is 2.50. The Morgan fingerprint density at radius 1 is 1.64 bits per heavy atom.